The van der Waals surface area contributed by atoms with Gasteiger partial charge in [0.05, 0.1) is 37.1 Å². The molecule has 222 valence electrons. The number of carboxylic acids is 2. The van der Waals surface area contributed by atoms with Crippen molar-refractivity contribution in [1.29, 1.82) is 0 Å². The van der Waals surface area contributed by atoms with Crippen LogP contribution in [0.2, 0.25) is 0 Å². The summed E-state index contributed by atoms with van der Waals surface area (Å²) in [5.74, 6) is -5.17. The van der Waals surface area contributed by atoms with E-state index in [9.17, 15) is 39.6 Å². The number of aliphatic hydroxyl groups excluding tert-OH is 3. The lowest BCUT2D eigenvalue weighted by Gasteiger charge is -2.29. The van der Waals surface area contributed by atoms with Crippen LogP contribution in [0, 0.1) is 17.8 Å². The van der Waals surface area contributed by atoms with Crippen LogP contribution in [-0.4, -0.2) is 80.3 Å². The molecule has 0 rings (SSSR count). The molecule has 0 spiro atoms. The van der Waals surface area contributed by atoms with Crippen molar-refractivity contribution < 1.29 is 49.4 Å². The molecule has 11 heteroatoms. The molecule has 0 saturated heterocycles. The van der Waals surface area contributed by atoms with Crippen LogP contribution in [0.3, 0.4) is 0 Å². The fourth-order valence-electron chi connectivity index (χ4n) is 4.26. The Morgan fingerprint density at radius 3 is 1.97 bits per heavy atom. The van der Waals surface area contributed by atoms with E-state index in [2.05, 4.69) is 5.32 Å². The molecule has 0 aliphatic heterocycles. The maximum Gasteiger partial charge on any atom is 0.307 e. The summed E-state index contributed by atoms with van der Waals surface area (Å²) in [6.45, 7) is 7.23. The molecule has 0 bridgehead atoms. The molecule has 7 atom stereocenters. The number of unbranched alkanes of at least 4 members (excludes halogenated alkanes) is 3. The van der Waals surface area contributed by atoms with Crippen molar-refractivity contribution in [2.24, 2.45) is 17.8 Å². The zero-order valence-electron chi connectivity index (χ0n) is 23.3. The Bertz CT molecular complexity index is 716. The lowest BCUT2D eigenvalue weighted by molar-refractivity contribution is -0.163. The second-order valence-corrected chi connectivity index (χ2v) is 10.6. The van der Waals surface area contributed by atoms with Crippen LogP contribution < -0.4 is 5.32 Å². The monoisotopic (exact) mass is 547 g/mol. The molecule has 0 radical (unpaired) electrons. The summed E-state index contributed by atoms with van der Waals surface area (Å²) < 4.78 is 5.48. The fourth-order valence-corrected chi connectivity index (χ4v) is 4.26. The Morgan fingerprint density at radius 1 is 0.842 bits per heavy atom. The molecular formula is C27H49NO10. The summed E-state index contributed by atoms with van der Waals surface area (Å²) in [6.07, 6.45) is 1.79. The summed E-state index contributed by atoms with van der Waals surface area (Å²) in [4.78, 5) is 45.5. The van der Waals surface area contributed by atoms with Crippen LogP contribution in [-0.2, 0) is 23.9 Å². The number of aliphatic hydroxyl groups is 3. The zero-order chi connectivity index (χ0) is 29.3. The van der Waals surface area contributed by atoms with Crippen molar-refractivity contribution in [2.45, 2.75) is 123 Å². The van der Waals surface area contributed by atoms with Crippen molar-refractivity contribution >= 4 is 23.8 Å². The Morgan fingerprint density at radius 2 is 1.45 bits per heavy atom. The predicted octanol–water partition coefficient (Wildman–Crippen LogP) is 2.49. The van der Waals surface area contributed by atoms with Gasteiger partial charge in [-0.25, -0.2) is 0 Å². The van der Waals surface area contributed by atoms with E-state index in [0.717, 1.165) is 32.1 Å². The number of ether oxygens (including phenoxy) is 1. The number of aliphatic carboxylic acids is 2. The topological polar surface area (TPSA) is 191 Å². The molecule has 11 nitrogen and oxygen atoms in total. The van der Waals surface area contributed by atoms with Gasteiger partial charge >= 0.3 is 17.9 Å². The highest BCUT2D eigenvalue weighted by Gasteiger charge is 2.31. The summed E-state index contributed by atoms with van der Waals surface area (Å²) in [6, 6.07) is 0. The highest BCUT2D eigenvalue weighted by Crippen LogP contribution is 2.24. The first-order chi connectivity index (χ1) is 17.8. The summed E-state index contributed by atoms with van der Waals surface area (Å²) >= 11 is 0. The summed E-state index contributed by atoms with van der Waals surface area (Å²) in [7, 11) is 0. The molecule has 0 aromatic rings. The highest BCUT2D eigenvalue weighted by atomic mass is 16.6. The van der Waals surface area contributed by atoms with Crippen LogP contribution in [0.15, 0.2) is 0 Å². The van der Waals surface area contributed by atoms with Gasteiger partial charge in [0.15, 0.2) is 0 Å². The van der Waals surface area contributed by atoms with Crippen molar-refractivity contribution in [3.63, 3.8) is 0 Å². The van der Waals surface area contributed by atoms with E-state index >= 15 is 0 Å². The van der Waals surface area contributed by atoms with Crippen molar-refractivity contribution in [2.75, 3.05) is 6.54 Å². The lowest BCUT2D eigenvalue weighted by Crippen LogP contribution is -2.38. The molecule has 1 amide bonds. The van der Waals surface area contributed by atoms with Gasteiger partial charge in [-0.1, -0.05) is 59.3 Å². The summed E-state index contributed by atoms with van der Waals surface area (Å²) in [5.41, 5.74) is 0. The molecule has 0 aromatic heterocycles. The standard InChI is InChI=1S/C27H49NO10/c1-5-18(3)26(35)23(38-25(34)14-20(27(36)37)13-24(32)33)12-17(2)10-8-6-7-9-11-21(30)15-22(31)16-28-19(4)29/h17-18,20-23,26,30-31,35H,5-16H2,1-4H3,(H,28,29)(H,32,33)(H,36,37). The highest BCUT2D eigenvalue weighted by molar-refractivity contribution is 5.82. The molecule has 6 N–H and O–H groups in total. The van der Waals surface area contributed by atoms with Gasteiger partial charge in [-0.2, -0.15) is 0 Å². The third-order valence-electron chi connectivity index (χ3n) is 6.82. The molecule has 7 unspecified atom stereocenters. The molecular weight excluding hydrogens is 498 g/mol. The number of amides is 1. The van der Waals surface area contributed by atoms with E-state index < -0.39 is 61.1 Å². The number of carbonyl (C=O) groups is 4. The van der Waals surface area contributed by atoms with Gasteiger partial charge in [0.1, 0.15) is 6.10 Å². The Kier molecular flexibility index (Phi) is 18.6. The van der Waals surface area contributed by atoms with Gasteiger partial charge in [-0.05, 0) is 24.7 Å². The molecule has 0 aliphatic carbocycles. The Hall–Kier alpha value is -2.24. The normalized spacial score (nSPS) is 16.9. The molecule has 0 aromatic carbocycles. The third-order valence-corrected chi connectivity index (χ3v) is 6.82. The number of hydrogen-bond acceptors (Lipinski definition) is 8. The van der Waals surface area contributed by atoms with Crippen molar-refractivity contribution in [3.8, 4) is 0 Å². The van der Waals surface area contributed by atoms with E-state index in [0.29, 0.717) is 19.3 Å². The van der Waals surface area contributed by atoms with Crippen LogP contribution in [0.5, 0.6) is 0 Å². The van der Waals surface area contributed by atoms with Gasteiger partial charge in [-0.15, -0.1) is 0 Å². The van der Waals surface area contributed by atoms with E-state index in [4.69, 9.17) is 9.84 Å². The first kappa shape index (κ1) is 35.8. The smallest absolute Gasteiger partial charge is 0.307 e. The number of carboxylic acid groups (broad SMARTS) is 2. The zero-order valence-corrected chi connectivity index (χ0v) is 23.3. The van der Waals surface area contributed by atoms with Gasteiger partial charge in [0.2, 0.25) is 5.91 Å². The van der Waals surface area contributed by atoms with E-state index in [1.807, 2.05) is 20.8 Å². The average Bonchev–Trinajstić information content (AvgIpc) is 2.82. The number of carbonyl (C=O) groups excluding carboxylic acids is 2. The number of hydrogen-bond donors (Lipinski definition) is 6. The second kappa shape index (κ2) is 19.8. The van der Waals surface area contributed by atoms with Crippen LogP contribution in [0.25, 0.3) is 0 Å². The Labute approximate surface area is 226 Å². The first-order valence-corrected chi connectivity index (χ1v) is 13.7. The fraction of sp³-hybridized carbons (Fsp3) is 0.852. The molecule has 0 heterocycles. The first-order valence-electron chi connectivity index (χ1n) is 13.7. The van der Waals surface area contributed by atoms with Gasteiger partial charge < -0.3 is 35.6 Å². The second-order valence-electron chi connectivity index (χ2n) is 10.6. The number of esters is 1. The minimum atomic E-state index is -1.39. The minimum Gasteiger partial charge on any atom is -0.481 e. The molecule has 0 aliphatic rings. The van der Waals surface area contributed by atoms with E-state index in [1.165, 1.54) is 6.92 Å². The van der Waals surface area contributed by atoms with Gasteiger partial charge in [0, 0.05) is 19.9 Å². The van der Waals surface area contributed by atoms with Crippen LogP contribution in [0.1, 0.15) is 98.3 Å². The molecule has 38 heavy (non-hydrogen) atoms. The van der Waals surface area contributed by atoms with Gasteiger partial charge in [0.25, 0.3) is 0 Å². The van der Waals surface area contributed by atoms with E-state index in [-0.39, 0.29) is 30.7 Å². The van der Waals surface area contributed by atoms with Crippen LogP contribution in [0.4, 0.5) is 0 Å². The summed E-state index contributed by atoms with van der Waals surface area (Å²) in [5, 5.41) is 51.2. The Balaban J connectivity index is 4.58. The van der Waals surface area contributed by atoms with Crippen molar-refractivity contribution in [3.05, 3.63) is 0 Å². The van der Waals surface area contributed by atoms with Crippen molar-refractivity contribution in [1.82, 2.24) is 5.32 Å². The molecule has 0 fully saturated rings. The van der Waals surface area contributed by atoms with Gasteiger partial charge in [-0.3, -0.25) is 19.2 Å². The molecule has 0 saturated carbocycles. The van der Waals surface area contributed by atoms with Crippen LogP contribution >= 0.6 is 0 Å². The SMILES string of the molecule is CCC(C)C(O)C(CC(C)CCCCCCC(O)CC(O)CNC(C)=O)OC(=O)CC(CC(=O)O)C(=O)O. The maximum absolute atomic E-state index is 12.4. The maximum atomic E-state index is 12.4. The average molecular weight is 548 g/mol. The lowest BCUT2D eigenvalue weighted by atomic mass is 9.89. The number of rotatable bonds is 22. The third kappa shape index (κ3) is 17.3. The quantitative estimate of drug-likeness (QED) is 0.0867. The number of nitrogens with one attached hydrogen (secondary N) is 1. The van der Waals surface area contributed by atoms with E-state index in [1.54, 1.807) is 0 Å². The minimum absolute atomic E-state index is 0.120. The predicted molar refractivity (Wildman–Crippen MR) is 140 cm³/mol. The largest absolute Gasteiger partial charge is 0.481 e.